The van der Waals surface area contributed by atoms with Crippen molar-refractivity contribution in [1.29, 1.82) is 0 Å². The second-order valence-corrected chi connectivity index (χ2v) is 7.84. The fourth-order valence-electron chi connectivity index (χ4n) is 3.52. The SMILES string of the molecule is CCNC(=NCCCc1nc2c(s1)CCCC2)NC1CCCC1.I. The maximum absolute atomic E-state index is 4.83. The van der Waals surface area contributed by atoms with Crippen molar-refractivity contribution in [2.24, 2.45) is 4.99 Å². The summed E-state index contributed by atoms with van der Waals surface area (Å²) in [6.45, 7) is 3.94. The molecule has 3 rings (SSSR count). The Morgan fingerprint density at radius 3 is 2.75 bits per heavy atom. The van der Waals surface area contributed by atoms with Gasteiger partial charge in [-0.15, -0.1) is 35.3 Å². The van der Waals surface area contributed by atoms with Crippen LogP contribution in [0, 0.1) is 0 Å². The number of aromatic nitrogens is 1. The minimum atomic E-state index is 0. The van der Waals surface area contributed by atoms with Crippen molar-refractivity contribution in [2.45, 2.75) is 77.2 Å². The Morgan fingerprint density at radius 1 is 1.21 bits per heavy atom. The van der Waals surface area contributed by atoms with E-state index in [0.717, 1.165) is 31.9 Å². The molecule has 0 spiro atoms. The Kier molecular flexibility index (Phi) is 8.80. The van der Waals surface area contributed by atoms with Crippen molar-refractivity contribution >= 4 is 41.3 Å². The monoisotopic (exact) mass is 462 g/mol. The van der Waals surface area contributed by atoms with Crippen LogP contribution in [0.25, 0.3) is 0 Å². The number of hydrogen-bond acceptors (Lipinski definition) is 3. The van der Waals surface area contributed by atoms with Gasteiger partial charge in [-0.05, 0) is 51.9 Å². The standard InChI is InChI=1S/C18H30N4S.HI/c1-2-19-18(21-14-8-3-4-9-14)20-13-7-12-17-22-15-10-5-6-11-16(15)23-17;/h14H,2-13H2,1H3,(H2,19,20,21);1H. The first-order valence-corrected chi connectivity index (χ1v) is 10.2. The van der Waals surface area contributed by atoms with Gasteiger partial charge in [-0.2, -0.15) is 0 Å². The van der Waals surface area contributed by atoms with Crippen LogP contribution in [-0.2, 0) is 19.3 Å². The number of nitrogens with zero attached hydrogens (tertiary/aromatic N) is 2. The highest BCUT2D eigenvalue weighted by Crippen LogP contribution is 2.27. The van der Waals surface area contributed by atoms with Crippen molar-refractivity contribution in [3.63, 3.8) is 0 Å². The van der Waals surface area contributed by atoms with Gasteiger partial charge in [-0.3, -0.25) is 4.99 Å². The second kappa shape index (κ2) is 10.6. The van der Waals surface area contributed by atoms with Gasteiger partial charge in [0, 0.05) is 30.4 Å². The van der Waals surface area contributed by atoms with Crippen LogP contribution in [0.2, 0.25) is 0 Å². The normalized spacial score (nSPS) is 18.1. The Hall–Kier alpha value is -0.370. The van der Waals surface area contributed by atoms with Gasteiger partial charge < -0.3 is 10.6 Å². The largest absolute Gasteiger partial charge is 0.357 e. The van der Waals surface area contributed by atoms with Crippen LogP contribution < -0.4 is 10.6 Å². The lowest BCUT2D eigenvalue weighted by Gasteiger charge is -2.16. The number of halogens is 1. The summed E-state index contributed by atoms with van der Waals surface area (Å²) in [4.78, 5) is 11.1. The van der Waals surface area contributed by atoms with Crippen molar-refractivity contribution < 1.29 is 0 Å². The van der Waals surface area contributed by atoms with E-state index in [9.17, 15) is 0 Å². The van der Waals surface area contributed by atoms with Crippen LogP contribution in [0.15, 0.2) is 4.99 Å². The molecule has 0 atom stereocenters. The number of thiazole rings is 1. The summed E-state index contributed by atoms with van der Waals surface area (Å²) in [5.74, 6) is 0.998. The Balaban J connectivity index is 0.00000208. The molecule has 136 valence electrons. The number of aliphatic imine (C=N–C) groups is 1. The molecule has 1 fully saturated rings. The molecule has 0 unspecified atom stereocenters. The quantitative estimate of drug-likeness (QED) is 0.290. The topological polar surface area (TPSA) is 49.3 Å². The number of hydrogen-bond donors (Lipinski definition) is 2. The number of guanidine groups is 1. The molecule has 1 aromatic heterocycles. The zero-order valence-electron chi connectivity index (χ0n) is 14.8. The van der Waals surface area contributed by atoms with Gasteiger partial charge in [0.05, 0.1) is 10.7 Å². The molecule has 0 bridgehead atoms. The first kappa shape index (κ1) is 19.9. The van der Waals surface area contributed by atoms with E-state index in [-0.39, 0.29) is 24.0 Å². The average molecular weight is 462 g/mol. The summed E-state index contributed by atoms with van der Waals surface area (Å²) in [6, 6.07) is 0.624. The van der Waals surface area contributed by atoms with Gasteiger partial charge in [-0.1, -0.05) is 12.8 Å². The van der Waals surface area contributed by atoms with Crippen LogP contribution >= 0.6 is 35.3 Å². The molecule has 1 saturated carbocycles. The van der Waals surface area contributed by atoms with Crippen molar-refractivity contribution in [1.82, 2.24) is 15.6 Å². The summed E-state index contributed by atoms with van der Waals surface area (Å²) in [7, 11) is 0. The summed E-state index contributed by atoms with van der Waals surface area (Å²) in [5, 5.41) is 8.28. The molecule has 0 aliphatic heterocycles. The number of fused-ring (bicyclic) bond motifs is 1. The third kappa shape index (κ3) is 5.86. The Morgan fingerprint density at radius 2 is 2.00 bits per heavy atom. The minimum Gasteiger partial charge on any atom is -0.357 e. The minimum absolute atomic E-state index is 0. The van der Waals surface area contributed by atoms with E-state index in [1.165, 1.54) is 62.1 Å². The summed E-state index contributed by atoms with van der Waals surface area (Å²) in [5.41, 5.74) is 1.39. The van der Waals surface area contributed by atoms with Gasteiger partial charge >= 0.3 is 0 Å². The number of aryl methyl sites for hydroxylation is 3. The van der Waals surface area contributed by atoms with E-state index < -0.39 is 0 Å². The van der Waals surface area contributed by atoms with E-state index in [1.807, 2.05) is 11.3 Å². The summed E-state index contributed by atoms with van der Waals surface area (Å²) in [6.07, 6.45) is 12.6. The first-order valence-electron chi connectivity index (χ1n) is 9.37. The molecule has 2 N–H and O–H groups in total. The smallest absolute Gasteiger partial charge is 0.191 e. The highest BCUT2D eigenvalue weighted by atomic mass is 127. The molecule has 2 aliphatic rings. The zero-order valence-corrected chi connectivity index (χ0v) is 17.9. The highest BCUT2D eigenvalue weighted by molar-refractivity contribution is 14.0. The van der Waals surface area contributed by atoms with Crippen LogP contribution in [0.4, 0.5) is 0 Å². The fourth-order valence-corrected chi connectivity index (χ4v) is 4.72. The zero-order chi connectivity index (χ0) is 15.9. The summed E-state index contributed by atoms with van der Waals surface area (Å²) >= 11 is 1.94. The second-order valence-electron chi connectivity index (χ2n) is 6.67. The molecule has 4 nitrogen and oxygen atoms in total. The van der Waals surface area contributed by atoms with Gasteiger partial charge in [0.1, 0.15) is 0 Å². The van der Waals surface area contributed by atoms with Crippen molar-refractivity contribution in [3.8, 4) is 0 Å². The molecule has 0 amide bonds. The van der Waals surface area contributed by atoms with E-state index >= 15 is 0 Å². The molecule has 1 heterocycles. The predicted octanol–water partition coefficient (Wildman–Crippen LogP) is 4.07. The average Bonchev–Trinajstić information content (AvgIpc) is 3.20. The lowest BCUT2D eigenvalue weighted by atomic mass is 10.0. The fraction of sp³-hybridized carbons (Fsp3) is 0.778. The molecule has 24 heavy (non-hydrogen) atoms. The molecular weight excluding hydrogens is 431 g/mol. The predicted molar refractivity (Wildman–Crippen MR) is 114 cm³/mol. The molecule has 0 radical (unpaired) electrons. The van der Waals surface area contributed by atoms with E-state index in [4.69, 9.17) is 9.98 Å². The van der Waals surface area contributed by atoms with Gasteiger partial charge in [0.15, 0.2) is 5.96 Å². The van der Waals surface area contributed by atoms with Crippen LogP contribution in [0.1, 0.15) is 67.4 Å². The third-order valence-corrected chi connectivity index (χ3v) is 5.97. The lowest BCUT2D eigenvalue weighted by molar-refractivity contribution is 0.613. The Bertz CT molecular complexity index is 500. The van der Waals surface area contributed by atoms with Crippen molar-refractivity contribution in [2.75, 3.05) is 13.1 Å². The summed E-state index contributed by atoms with van der Waals surface area (Å²) < 4.78 is 0. The molecular formula is C18H31IN4S. The van der Waals surface area contributed by atoms with E-state index in [2.05, 4.69) is 17.6 Å². The van der Waals surface area contributed by atoms with Gasteiger partial charge in [0.25, 0.3) is 0 Å². The first-order chi connectivity index (χ1) is 11.3. The van der Waals surface area contributed by atoms with Gasteiger partial charge in [0.2, 0.25) is 0 Å². The Labute approximate surface area is 167 Å². The van der Waals surface area contributed by atoms with Crippen LogP contribution in [-0.4, -0.2) is 30.1 Å². The van der Waals surface area contributed by atoms with E-state index in [1.54, 1.807) is 4.88 Å². The van der Waals surface area contributed by atoms with E-state index in [0.29, 0.717) is 6.04 Å². The lowest BCUT2D eigenvalue weighted by Crippen LogP contribution is -2.42. The van der Waals surface area contributed by atoms with Crippen LogP contribution in [0.5, 0.6) is 0 Å². The number of nitrogens with one attached hydrogen (secondary N) is 2. The van der Waals surface area contributed by atoms with Crippen LogP contribution in [0.3, 0.4) is 0 Å². The molecule has 0 saturated heterocycles. The molecule has 2 aliphatic carbocycles. The van der Waals surface area contributed by atoms with Gasteiger partial charge in [-0.25, -0.2) is 4.98 Å². The molecule has 0 aromatic carbocycles. The number of rotatable bonds is 6. The van der Waals surface area contributed by atoms with Crippen molar-refractivity contribution in [3.05, 3.63) is 15.6 Å². The molecule has 1 aromatic rings. The maximum Gasteiger partial charge on any atom is 0.191 e. The molecule has 6 heteroatoms. The third-order valence-electron chi connectivity index (χ3n) is 4.75. The highest BCUT2D eigenvalue weighted by Gasteiger charge is 2.16. The maximum atomic E-state index is 4.83.